The molecule has 2 atom stereocenters. The fourth-order valence-corrected chi connectivity index (χ4v) is 3.74. The van der Waals surface area contributed by atoms with E-state index in [9.17, 15) is 0 Å². The highest BCUT2D eigenvalue weighted by molar-refractivity contribution is 5.62. The van der Waals surface area contributed by atoms with Gasteiger partial charge in [0.25, 0.3) is 0 Å². The summed E-state index contributed by atoms with van der Waals surface area (Å²) in [4.78, 5) is 5.00. The van der Waals surface area contributed by atoms with Crippen LogP contribution in [0.5, 0.6) is 0 Å². The van der Waals surface area contributed by atoms with E-state index in [-0.39, 0.29) is 0 Å². The molecule has 4 rings (SSSR count). The molecule has 0 aliphatic heterocycles. The Morgan fingerprint density at radius 3 is 2.96 bits per heavy atom. The van der Waals surface area contributed by atoms with E-state index < -0.39 is 0 Å². The Morgan fingerprint density at radius 1 is 1.26 bits per heavy atom. The van der Waals surface area contributed by atoms with Gasteiger partial charge in [-0.15, -0.1) is 0 Å². The maximum atomic E-state index is 5.00. The zero-order chi connectivity index (χ0) is 15.8. The van der Waals surface area contributed by atoms with Crippen LogP contribution in [-0.2, 0) is 7.05 Å². The van der Waals surface area contributed by atoms with Crippen molar-refractivity contribution >= 4 is 5.52 Å². The number of hydrogen-bond acceptors (Lipinski definition) is 4. The highest BCUT2D eigenvalue weighted by atomic mass is 15.2. The number of fused-ring (bicyclic) bond motifs is 1. The van der Waals surface area contributed by atoms with Crippen LogP contribution in [0, 0.1) is 5.92 Å². The second kappa shape index (κ2) is 5.77. The number of nitrogens with one attached hydrogen (secondary N) is 1. The summed E-state index contributed by atoms with van der Waals surface area (Å²) in [5.41, 5.74) is 4.30. The lowest BCUT2D eigenvalue weighted by molar-refractivity contribution is 0.507. The highest BCUT2D eigenvalue weighted by Gasteiger charge is 2.28. The maximum absolute atomic E-state index is 5.00. The molecule has 0 bridgehead atoms. The monoisotopic (exact) mass is 310 g/mol. The molecule has 23 heavy (non-hydrogen) atoms. The number of aryl methyl sites for hydroxylation is 1. The Bertz CT molecular complexity index is 817. The topological polar surface area (TPSA) is 60.0 Å². The third kappa shape index (κ3) is 2.63. The first kappa shape index (κ1) is 14.4. The lowest BCUT2D eigenvalue weighted by Gasteiger charge is -2.13. The largest absolute Gasteiger partial charge is 0.319 e. The molecule has 0 saturated heterocycles. The van der Waals surface area contributed by atoms with Gasteiger partial charge in [-0.05, 0) is 44.8 Å². The molecular weight excluding hydrogens is 288 g/mol. The molecule has 1 aliphatic rings. The zero-order valence-electron chi connectivity index (χ0n) is 13.6. The quantitative estimate of drug-likeness (QED) is 0.803. The van der Waals surface area contributed by atoms with Crippen LogP contribution in [-0.4, -0.2) is 38.0 Å². The van der Waals surface area contributed by atoms with E-state index in [4.69, 9.17) is 4.98 Å². The second-order valence-electron chi connectivity index (χ2n) is 6.51. The Morgan fingerprint density at radius 2 is 2.17 bits per heavy atom. The van der Waals surface area contributed by atoms with Crippen LogP contribution in [0.1, 0.15) is 30.9 Å². The van der Waals surface area contributed by atoms with Gasteiger partial charge in [-0.25, -0.2) is 9.50 Å². The lowest BCUT2D eigenvalue weighted by atomic mass is 10.00. The standard InChI is InChI=1S/C17H22N6/c1-18-8-12-3-4-13(7-12)17-16-5-6-19-23(16)11-15(21-17)14-9-20-22(2)10-14/h5-6,9-13,18H,3-4,7-8H2,1-2H3/t12-,13+/m1/s1. The Hall–Kier alpha value is -2.21. The molecule has 1 saturated carbocycles. The predicted octanol–water partition coefficient (Wildman–Crippen LogP) is 2.23. The van der Waals surface area contributed by atoms with E-state index in [1.54, 1.807) is 0 Å². The van der Waals surface area contributed by atoms with Crippen molar-refractivity contribution in [1.29, 1.82) is 0 Å². The van der Waals surface area contributed by atoms with Crippen molar-refractivity contribution in [3.63, 3.8) is 0 Å². The molecule has 0 amide bonds. The van der Waals surface area contributed by atoms with Crippen LogP contribution >= 0.6 is 0 Å². The van der Waals surface area contributed by atoms with E-state index in [1.807, 2.05) is 48.1 Å². The number of nitrogens with zero attached hydrogens (tertiary/aromatic N) is 5. The zero-order valence-corrected chi connectivity index (χ0v) is 13.6. The molecule has 0 radical (unpaired) electrons. The Balaban J connectivity index is 1.75. The summed E-state index contributed by atoms with van der Waals surface area (Å²) in [5.74, 6) is 1.26. The summed E-state index contributed by atoms with van der Waals surface area (Å²) in [6, 6.07) is 2.07. The summed E-state index contributed by atoms with van der Waals surface area (Å²) >= 11 is 0. The lowest BCUT2D eigenvalue weighted by Crippen LogP contribution is -2.16. The van der Waals surface area contributed by atoms with Gasteiger partial charge in [-0.1, -0.05) is 0 Å². The van der Waals surface area contributed by atoms with E-state index in [2.05, 4.69) is 21.6 Å². The van der Waals surface area contributed by atoms with Gasteiger partial charge in [0.15, 0.2) is 0 Å². The Labute approximate surface area is 135 Å². The van der Waals surface area contributed by atoms with Crippen molar-refractivity contribution in [2.45, 2.75) is 25.2 Å². The summed E-state index contributed by atoms with van der Waals surface area (Å²) in [6.07, 6.45) is 11.4. The van der Waals surface area contributed by atoms with Crippen molar-refractivity contribution in [2.24, 2.45) is 13.0 Å². The van der Waals surface area contributed by atoms with E-state index >= 15 is 0 Å². The van der Waals surface area contributed by atoms with E-state index in [0.29, 0.717) is 5.92 Å². The molecule has 1 fully saturated rings. The third-order valence-corrected chi connectivity index (χ3v) is 4.84. The first-order valence-corrected chi connectivity index (χ1v) is 8.22. The van der Waals surface area contributed by atoms with Gasteiger partial charge < -0.3 is 5.32 Å². The fourth-order valence-electron chi connectivity index (χ4n) is 3.74. The maximum Gasteiger partial charge on any atom is 0.0921 e. The van der Waals surface area contributed by atoms with Crippen LogP contribution in [0.2, 0.25) is 0 Å². The fraction of sp³-hybridized carbons (Fsp3) is 0.471. The molecule has 1 aliphatic carbocycles. The molecule has 6 heteroatoms. The summed E-state index contributed by atoms with van der Waals surface area (Å²) in [5, 5.41) is 12.0. The summed E-state index contributed by atoms with van der Waals surface area (Å²) in [7, 11) is 3.96. The van der Waals surface area contributed by atoms with Crippen molar-refractivity contribution in [2.75, 3.05) is 13.6 Å². The average Bonchev–Trinajstić information content (AvgIpc) is 3.26. The second-order valence-corrected chi connectivity index (χ2v) is 6.51. The van der Waals surface area contributed by atoms with Gasteiger partial charge in [0.2, 0.25) is 0 Å². The normalized spacial score (nSPS) is 21.3. The van der Waals surface area contributed by atoms with Gasteiger partial charge in [0, 0.05) is 24.7 Å². The van der Waals surface area contributed by atoms with Gasteiger partial charge in [0.1, 0.15) is 0 Å². The van der Waals surface area contributed by atoms with Crippen LogP contribution in [0.25, 0.3) is 16.8 Å². The van der Waals surface area contributed by atoms with Gasteiger partial charge in [0.05, 0.1) is 35.5 Å². The van der Waals surface area contributed by atoms with Crippen LogP contribution < -0.4 is 5.32 Å². The molecule has 0 aromatic carbocycles. The molecule has 120 valence electrons. The molecule has 3 aromatic heterocycles. The molecule has 3 aromatic rings. The number of aromatic nitrogens is 5. The van der Waals surface area contributed by atoms with E-state index in [0.717, 1.165) is 29.2 Å². The SMILES string of the molecule is CNC[C@@H]1CC[C@H](c2nc(-c3cnn(C)c3)cn3nccc23)C1. The smallest absolute Gasteiger partial charge is 0.0921 e. The van der Waals surface area contributed by atoms with Crippen LogP contribution in [0.15, 0.2) is 30.9 Å². The third-order valence-electron chi connectivity index (χ3n) is 4.84. The summed E-state index contributed by atoms with van der Waals surface area (Å²) in [6.45, 7) is 1.09. The van der Waals surface area contributed by atoms with E-state index in [1.165, 1.54) is 25.0 Å². The van der Waals surface area contributed by atoms with Gasteiger partial charge >= 0.3 is 0 Å². The van der Waals surface area contributed by atoms with Crippen LogP contribution in [0.3, 0.4) is 0 Å². The molecule has 0 unspecified atom stereocenters. The molecule has 6 nitrogen and oxygen atoms in total. The minimum absolute atomic E-state index is 0.518. The van der Waals surface area contributed by atoms with Crippen molar-refractivity contribution in [1.82, 2.24) is 29.7 Å². The molecule has 3 heterocycles. The molecule has 0 spiro atoms. The first-order chi connectivity index (χ1) is 11.2. The molecular formula is C17H22N6. The summed E-state index contributed by atoms with van der Waals surface area (Å²) < 4.78 is 3.76. The minimum atomic E-state index is 0.518. The molecule has 1 N–H and O–H groups in total. The predicted molar refractivity (Wildman–Crippen MR) is 89.2 cm³/mol. The first-order valence-electron chi connectivity index (χ1n) is 8.22. The highest BCUT2D eigenvalue weighted by Crippen LogP contribution is 2.39. The van der Waals surface area contributed by atoms with Gasteiger partial charge in [-0.3, -0.25) is 4.68 Å². The average molecular weight is 310 g/mol. The van der Waals surface area contributed by atoms with Crippen molar-refractivity contribution in [3.05, 3.63) is 36.5 Å². The minimum Gasteiger partial charge on any atom is -0.319 e. The Kier molecular flexibility index (Phi) is 3.61. The number of hydrogen-bond donors (Lipinski definition) is 1. The van der Waals surface area contributed by atoms with Crippen molar-refractivity contribution in [3.8, 4) is 11.3 Å². The van der Waals surface area contributed by atoms with Gasteiger partial charge in [-0.2, -0.15) is 10.2 Å². The van der Waals surface area contributed by atoms with Crippen molar-refractivity contribution < 1.29 is 0 Å². The van der Waals surface area contributed by atoms with Crippen LogP contribution in [0.4, 0.5) is 0 Å². The number of rotatable bonds is 4.